The zero-order valence-electron chi connectivity index (χ0n) is 20.7. The highest BCUT2D eigenvalue weighted by molar-refractivity contribution is 8.93. The lowest BCUT2D eigenvalue weighted by Crippen LogP contribution is -2.35. The van der Waals surface area contributed by atoms with Crippen molar-refractivity contribution in [3.63, 3.8) is 0 Å². The van der Waals surface area contributed by atoms with Crippen molar-refractivity contribution >= 4 is 68.9 Å². The largest absolute Gasteiger partial charge is 0.463 e. The molecule has 206 valence electrons. The number of nitrogens with two attached hydrogens (primary N) is 2. The summed E-state index contributed by atoms with van der Waals surface area (Å²) < 4.78 is 6.40. The van der Waals surface area contributed by atoms with Gasteiger partial charge >= 0.3 is 5.97 Å². The molecule has 3 aromatic rings. The molecule has 0 saturated carbocycles. The predicted molar refractivity (Wildman–Crippen MR) is 162 cm³/mol. The van der Waals surface area contributed by atoms with Gasteiger partial charge in [0.25, 0.3) is 5.56 Å². The number of hydrogen-bond donors (Lipinski definition) is 2. The summed E-state index contributed by atoms with van der Waals surface area (Å²) in [5.74, 6) is -0.988. The van der Waals surface area contributed by atoms with Crippen LogP contribution in [0.15, 0.2) is 53.3 Å². The van der Waals surface area contributed by atoms with Crippen LogP contribution in [0.1, 0.15) is 36.5 Å². The molecule has 1 aromatic heterocycles. The van der Waals surface area contributed by atoms with Gasteiger partial charge < -0.3 is 16.2 Å². The molecule has 4 N–H and O–H groups in total. The van der Waals surface area contributed by atoms with Crippen molar-refractivity contribution in [3.05, 3.63) is 74.5 Å². The maximum Gasteiger partial charge on any atom is 0.322 e. The van der Waals surface area contributed by atoms with Gasteiger partial charge in [-0.25, -0.2) is 4.68 Å². The fourth-order valence-electron chi connectivity index (χ4n) is 3.72. The normalized spacial score (nSPS) is 11.2. The third-order valence-electron chi connectivity index (χ3n) is 5.58. The van der Waals surface area contributed by atoms with E-state index in [0.29, 0.717) is 51.8 Å². The molecule has 0 fully saturated rings. The molecule has 0 spiro atoms. The highest BCUT2D eigenvalue weighted by Crippen LogP contribution is 2.33. The summed E-state index contributed by atoms with van der Waals surface area (Å²) >= 11 is 12.1. The Kier molecular flexibility index (Phi) is 14.4. The molecule has 0 amide bonds. The van der Waals surface area contributed by atoms with Crippen LogP contribution in [0.4, 0.5) is 0 Å². The van der Waals surface area contributed by atoms with E-state index in [-0.39, 0.29) is 52.7 Å². The number of rotatable bonds is 11. The van der Waals surface area contributed by atoms with E-state index in [1.807, 2.05) is 0 Å². The highest BCUT2D eigenvalue weighted by atomic mass is 79.9. The third kappa shape index (κ3) is 8.72. The van der Waals surface area contributed by atoms with Gasteiger partial charge in [-0.05, 0) is 56.1 Å². The van der Waals surface area contributed by atoms with E-state index in [9.17, 15) is 14.4 Å². The van der Waals surface area contributed by atoms with Crippen LogP contribution in [0.5, 0.6) is 0 Å². The molecule has 0 radical (unpaired) electrons. The van der Waals surface area contributed by atoms with Gasteiger partial charge in [0.1, 0.15) is 12.6 Å². The number of aromatic nitrogens is 2. The molecule has 1 unspecified atom stereocenters. The van der Waals surface area contributed by atoms with Crippen molar-refractivity contribution in [1.29, 1.82) is 0 Å². The Labute approximate surface area is 252 Å². The first kappa shape index (κ1) is 33.9. The Morgan fingerprint density at radius 2 is 1.53 bits per heavy atom. The van der Waals surface area contributed by atoms with Crippen LogP contribution in [0.3, 0.4) is 0 Å². The SMILES string of the molecule is Br.Br.CC(=O)c1c(-c2ccc(Cl)cc2)c(-c2ccc(Cl)cc2)nn(CCOC(=O)C(N)CCCCN)c1=O. The van der Waals surface area contributed by atoms with Gasteiger partial charge in [0.15, 0.2) is 5.78 Å². The van der Waals surface area contributed by atoms with Gasteiger partial charge in [0.05, 0.1) is 17.8 Å². The summed E-state index contributed by atoms with van der Waals surface area (Å²) in [4.78, 5) is 38.3. The average Bonchev–Trinajstić information content (AvgIpc) is 2.85. The monoisotopic (exact) mass is 690 g/mol. The minimum Gasteiger partial charge on any atom is -0.463 e. The number of ketones is 1. The molecule has 0 aliphatic heterocycles. The maximum absolute atomic E-state index is 13.3. The predicted octanol–water partition coefficient (Wildman–Crippen LogP) is 5.24. The quantitative estimate of drug-likeness (QED) is 0.160. The second-order valence-electron chi connectivity index (χ2n) is 8.26. The zero-order valence-corrected chi connectivity index (χ0v) is 25.6. The summed E-state index contributed by atoms with van der Waals surface area (Å²) in [6, 6.07) is 12.9. The van der Waals surface area contributed by atoms with Gasteiger partial charge in [0, 0.05) is 21.2 Å². The first-order valence-corrected chi connectivity index (χ1v) is 12.3. The molecule has 3 rings (SSSR count). The highest BCUT2D eigenvalue weighted by Gasteiger charge is 2.23. The molecule has 0 aliphatic rings. The molecular formula is C26H30Br2Cl2N4O4. The van der Waals surface area contributed by atoms with Crippen LogP contribution in [0.2, 0.25) is 10.0 Å². The Bertz CT molecular complexity index is 1290. The van der Waals surface area contributed by atoms with Gasteiger partial charge in [-0.15, -0.1) is 34.0 Å². The minimum absolute atomic E-state index is 0. The Morgan fingerprint density at radius 3 is 2.05 bits per heavy atom. The van der Waals surface area contributed by atoms with Crippen molar-refractivity contribution in [1.82, 2.24) is 9.78 Å². The van der Waals surface area contributed by atoms with Gasteiger partial charge in [-0.1, -0.05) is 53.9 Å². The van der Waals surface area contributed by atoms with Gasteiger partial charge in [-0.3, -0.25) is 14.4 Å². The molecule has 12 heteroatoms. The lowest BCUT2D eigenvalue weighted by Gasteiger charge is -2.17. The molecule has 1 heterocycles. The minimum atomic E-state index is -0.772. The van der Waals surface area contributed by atoms with Crippen molar-refractivity contribution in [2.24, 2.45) is 11.5 Å². The second-order valence-corrected chi connectivity index (χ2v) is 9.13. The summed E-state index contributed by atoms with van der Waals surface area (Å²) in [7, 11) is 0. The number of hydrogen-bond acceptors (Lipinski definition) is 7. The van der Waals surface area contributed by atoms with Crippen molar-refractivity contribution in [3.8, 4) is 22.4 Å². The number of ether oxygens (including phenoxy) is 1. The van der Waals surface area contributed by atoms with Gasteiger partial charge in [0.2, 0.25) is 0 Å². The summed E-state index contributed by atoms with van der Waals surface area (Å²) in [6.45, 7) is 1.67. The molecular weight excluding hydrogens is 663 g/mol. The summed E-state index contributed by atoms with van der Waals surface area (Å²) in [6.07, 6.45) is 1.94. The fraction of sp³-hybridized carbons (Fsp3) is 0.308. The van der Waals surface area contributed by atoms with E-state index in [0.717, 1.165) is 11.1 Å². The molecule has 0 bridgehead atoms. The number of carbonyl (C=O) groups is 2. The van der Waals surface area contributed by atoms with Crippen LogP contribution in [-0.2, 0) is 16.1 Å². The molecule has 2 aromatic carbocycles. The average molecular weight is 693 g/mol. The van der Waals surface area contributed by atoms with Crippen molar-refractivity contribution < 1.29 is 14.3 Å². The van der Waals surface area contributed by atoms with E-state index < -0.39 is 23.4 Å². The van der Waals surface area contributed by atoms with Crippen LogP contribution >= 0.6 is 57.2 Å². The van der Waals surface area contributed by atoms with Crippen LogP contribution in [0.25, 0.3) is 22.4 Å². The van der Waals surface area contributed by atoms with E-state index in [4.69, 9.17) is 39.4 Å². The zero-order chi connectivity index (χ0) is 26.2. The van der Waals surface area contributed by atoms with Gasteiger partial charge in [-0.2, -0.15) is 5.10 Å². The standard InChI is InChI=1S/C26H28Cl2N4O4.2BrH/c1-16(33)22-23(17-5-9-19(27)10-6-17)24(18-7-11-20(28)12-8-18)31-32(25(22)34)14-15-36-26(35)21(30)4-2-3-13-29;;/h5-12,21H,2-4,13-15,29-30H2,1H3;2*1H. The molecule has 1 atom stereocenters. The lowest BCUT2D eigenvalue weighted by atomic mass is 9.94. The van der Waals surface area contributed by atoms with Crippen molar-refractivity contribution in [2.75, 3.05) is 13.2 Å². The fourth-order valence-corrected chi connectivity index (χ4v) is 3.97. The number of unbranched alkanes of at least 4 members (excludes halogenated alkanes) is 1. The van der Waals surface area contributed by atoms with E-state index >= 15 is 0 Å². The summed E-state index contributed by atoms with van der Waals surface area (Å²) in [5, 5.41) is 5.60. The number of carbonyl (C=O) groups excluding carboxylic acids is 2. The van der Waals surface area contributed by atoms with E-state index in [1.54, 1.807) is 48.5 Å². The number of nitrogens with zero attached hydrogens (tertiary/aromatic N) is 2. The number of halogens is 4. The molecule has 0 aliphatic carbocycles. The number of benzene rings is 2. The smallest absolute Gasteiger partial charge is 0.322 e. The Morgan fingerprint density at radius 1 is 0.974 bits per heavy atom. The first-order chi connectivity index (χ1) is 17.2. The Hall–Kier alpha value is -2.08. The summed E-state index contributed by atoms with van der Waals surface area (Å²) in [5.41, 5.74) is 12.8. The van der Waals surface area contributed by atoms with E-state index in [2.05, 4.69) is 5.10 Å². The van der Waals surface area contributed by atoms with Crippen LogP contribution in [-0.4, -0.2) is 40.7 Å². The lowest BCUT2D eigenvalue weighted by molar-refractivity contribution is -0.145. The third-order valence-corrected chi connectivity index (χ3v) is 6.08. The topological polar surface area (TPSA) is 130 Å². The molecule has 38 heavy (non-hydrogen) atoms. The molecule has 8 nitrogen and oxygen atoms in total. The second kappa shape index (κ2) is 16.1. The number of esters is 1. The first-order valence-electron chi connectivity index (χ1n) is 11.5. The maximum atomic E-state index is 13.3. The van der Waals surface area contributed by atoms with Crippen LogP contribution in [0, 0.1) is 0 Å². The van der Waals surface area contributed by atoms with Crippen molar-refractivity contribution in [2.45, 2.75) is 38.8 Å². The Balaban J connectivity index is 0.00000361. The van der Waals surface area contributed by atoms with E-state index in [1.165, 1.54) is 6.92 Å². The van der Waals surface area contributed by atoms with Crippen LogP contribution < -0.4 is 17.0 Å². The molecule has 0 saturated heterocycles. The number of Topliss-reactive ketones (excluding diaryl/α,β-unsaturated/α-hetero) is 1.